The summed E-state index contributed by atoms with van der Waals surface area (Å²) < 4.78 is 14.6. The van der Waals surface area contributed by atoms with Crippen molar-refractivity contribution in [2.45, 2.75) is 151 Å². The van der Waals surface area contributed by atoms with E-state index in [1.165, 1.54) is 23.5 Å². The van der Waals surface area contributed by atoms with E-state index in [-0.39, 0.29) is 101 Å². The number of thioether (sulfide) groups is 3. The number of carboxylic acids is 1. The maximum Gasteiger partial charge on any atom is 0.304 e. The highest BCUT2D eigenvalue weighted by molar-refractivity contribution is 8.17. The number of aliphatic hydroxyl groups excluding tert-OH is 1. The number of carbonyl (C=O) groups excluding carboxylic acids is 13. The number of aliphatic carboxylic acids is 1. The zero-order valence-electron chi connectivity index (χ0n) is 51.2. The standard InChI is InChI=1S/C59H80N11O17PS3/c1-5-30(3)51-43(74)19-33-18-38-37-17-32(16-35(71)8-7-15-88(87)62-11-13-68-48(77)23-44(58(68)85)90-29-91-45-24-49(78)69(59(45)86)14-12-63-88)9-10-39(37)65-56(38)89-28-40(64-46(75)25-61-55(83)52(31(4)6-2)66-47(76)26-60-53(33)81)42(73)20-34(21-50(79)80)57(84)70-27-36(72)22-41(70)54(82)67-51/h9-10,17,30-31,33-34,36,40-41,44-45,51-52,65,72H,5-8,11-16,18-29H2,1-4H3,(H,60,81)(H,61,83)(H,64,75)(H,66,76)(H,67,82)(H,79,80)(H2,62,63,87)/t30?,31-,33+,34-,36+,40-,41-,44?,45?,51+,52-,88?/m0/s1. The number of aliphatic hydroxyl groups is 1. The molecular formula is C59H80N11O17PS3. The second-order valence-corrected chi connectivity index (χ2v) is 30.5. The molecule has 10 N–H and O–H groups in total. The molecule has 3 unspecified atom stereocenters. The minimum Gasteiger partial charge on any atom is -0.481 e. The lowest BCUT2D eigenvalue weighted by Crippen LogP contribution is -2.55. The third kappa shape index (κ3) is 17.8. The van der Waals surface area contributed by atoms with E-state index in [1.54, 1.807) is 45.9 Å². The summed E-state index contributed by atoms with van der Waals surface area (Å²) in [5.41, 5.74) is 1.36. The van der Waals surface area contributed by atoms with Crippen LogP contribution in [0.15, 0.2) is 23.2 Å². The van der Waals surface area contributed by atoms with Gasteiger partial charge in [-0.15, -0.1) is 35.3 Å². The lowest BCUT2D eigenvalue weighted by molar-refractivity contribution is -0.148. The lowest BCUT2D eigenvalue weighted by Gasteiger charge is -2.31. The van der Waals surface area contributed by atoms with Crippen molar-refractivity contribution in [3.63, 3.8) is 0 Å². The van der Waals surface area contributed by atoms with E-state index in [0.29, 0.717) is 45.0 Å². The van der Waals surface area contributed by atoms with Gasteiger partial charge >= 0.3 is 5.97 Å². The summed E-state index contributed by atoms with van der Waals surface area (Å²) in [5, 5.41) is 39.9. The summed E-state index contributed by atoms with van der Waals surface area (Å²) in [6, 6.07) is -0.320. The number of ketones is 3. The summed E-state index contributed by atoms with van der Waals surface area (Å²) in [6.45, 7) is 4.97. The summed E-state index contributed by atoms with van der Waals surface area (Å²) in [4.78, 5) is 200. The Morgan fingerprint density at radius 3 is 1.97 bits per heavy atom. The fourth-order valence-electron chi connectivity index (χ4n) is 12.1. The largest absolute Gasteiger partial charge is 0.481 e. The number of hydrogen-bond acceptors (Lipinski definition) is 19. The van der Waals surface area contributed by atoms with Gasteiger partial charge in [0.25, 0.3) is 0 Å². The number of H-pyrrole nitrogens is 1. The van der Waals surface area contributed by atoms with Crippen molar-refractivity contribution in [2.24, 2.45) is 23.7 Å². The first-order valence-corrected chi connectivity index (χ1v) is 35.7. The van der Waals surface area contributed by atoms with Crippen molar-refractivity contribution in [3.8, 4) is 0 Å². The summed E-state index contributed by atoms with van der Waals surface area (Å²) in [6.07, 6.45) is -3.55. The molecule has 8 rings (SSSR count). The Bertz CT molecular complexity index is 3220. The fourth-order valence-corrected chi connectivity index (χ4v) is 17.9. The zero-order valence-corrected chi connectivity index (χ0v) is 54.5. The number of amides is 10. The molecule has 4 fully saturated rings. The van der Waals surface area contributed by atoms with Crippen LogP contribution in [0.4, 0.5) is 0 Å². The molecule has 11 atom stereocenters. The van der Waals surface area contributed by atoms with Crippen LogP contribution in [-0.4, -0.2) is 216 Å². The molecular weight excluding hydrogens is 1260 g/mol. The van der Waals surface area contributed by atoms with Gasteiger partial charge in [0.05, 0.1) is 59.1 Å². The maximum absolute atomic E-state index is 14.9. The van der Waals surface area contributed by atoms with Crippen LogP contribution < -0.4 is 36.8 Å². The van der Waals surface area contributed by atoms with Crippen LogP contribution in [0.5, 0.6) is 0 Å². The van der Waals surface area contributed by atoms with Gasteiger partial charge < -0.3 is 46.7 Å². The SMILES string of the molecule is CCC(C)[C@H]1NC(=O)[C@@H]2C[C@@H](O)CN2C(=O)[C@H](CC(=O)O)CC(=O)[C@@H]2CSc3[nH]c4ccc(CC(=O)CCCP5(=O)NCCN6C(=O)CC(SCSC7CC(=O)N(CCN5)C7=O)C6=O)cc4c3C[C@H](CC1=O)C(=O)NCC(=O)N[C@@H]([C@@H](C)CC)C(=O)NCC(=O)N2. The Morgan fingerprint density at radius 2 is 1.34 bits per heavy atom. The van der Waals surface area contributed by atoms with E-state index in [4.69, 9.17) is 0 Å². The van der Waals surface area contributed by atoms with Crippen LogP contribution in [0.25, 0.3) is 10.9 Å². The quantitative estimate of drug-likeness (QED) is 0.0999. The topological polar surface area (TPSA) is 406 Å². The number of benzene rings is 1. The predicted molar refractivity (Wildman–Crippen MR) is 335 cm³/mol. The number of imide groups is 2. The minimum atomic E-state index is -3.61. The van der Waals surface area contributed by atoms with Crippen molar-refractivity contribution < 1.29 is 81.9 Å². The third-order valence-corrected chi connectivity index (χ3v) is 23.8. The summed E-state index contributed by atoms with van der Waals surface area (Å²) in [5.74, 6) is -14.0. The first kappa shape index (κ1) is 70.4. The molecule has 28 nitrogen and oxygen atoms in total. The Kier molecular flexibility index (Phi) is 24.3. The molecule has 1 aromatic heterocycles. The Morgan fingerprint density at radius 1 is 0.725 bits per heavy atom. The molecule has 1 aromatic carbocycles. The normalized spacial score (nSPS) is 29.2. The highest BCUT2D eigenvalue weighted by atomic mass is 32.2. The molecule has 2 aromatic rings. The Hall–Kier alpha value is -6.50. The molecule has 0 spiro atoms. The number of hydrogen-bond donors (Lipinski definition) is 10. The first-order chi connectivity index (χ1) is 43.3. The van der Waals surface area contributed by atoms with Gasteiger partial charge in [-0.1, -0.05) is 46.6 Å². The van der Waals surface area contributed by atoms with E-state index < -0.39 is 176 Å². The number of nitrogens with zero attached hydrogens (tertiary/aromatic N) is 3. The van der Waals surface area contributed by atoms with E-state index >= 15 is 0 Å². The third-order valence-electron chi connectivity index (χ3n) is 17.6. The molecule has 0 aliphatic carbocycles. The highest BCUT2D eigenvalue weighted by Gasteiger charge is 2.46. The summed E-state index contributed by atoms with van der Waals surface area (Å²) >= 11 is 3.48. The van der Waals surface area contributed by atoms with Gasteiger partial charge in [-0.25, -0.2) is 0 Å². The number of nitrogens with one attached hydrogen (secondary N) is 8. The smallest absolute Gasteiger partial charge is 0.304 e. The number of carbonyl (C=O) groups is 14. The van der Waals surface area contributed by atoms with Crippen molar-refractivity contribution in [3.05, 3.63) is 29.3 Å². The van der Waals surface area contributed by atoms with Gasteiger partial charge in [-0.2, -0.15) is 0 Å². The molecule has 91 heavy (non-hydrogen) atoms. The first-order valence-electron chi connectivity index (χ1n) is 30.8. The molecule has 496 valence electrons. The second kappa shape index (κ2) is 31.4. The molecule has 10 amide bonds. The Labute approximate surface area is 538 Å². The molecule has 32 heteroatoms. The maximum atomic E-state index is 14.9. The van der Waals surface area contributed by atoms with Gasteiger partial charge in [0.1, 0.15) is 17.9 Å². The highest BCUT2D eigenvalue weighted by Crippen LogP contribution is 2.39. The van der Waals surface area contributed by atoms with Crippen LogP contribution >= 0.6 is 42.7 Å². The van der Waals surface area contributed by atoms with E-state index in [2.05, 4.69) is 41.7 Å². The number of fused-ring (bicyclic) bond motifs is 9. The fraction of sp³-hybridized carbons (Fsp3) is 0.627. The molecule has 6 bridgehead atoms. The van der Waals surface area contributed by atoms with Crippen LogP contribution in [-0.2, 0) is 84.5 Å². The van der Waals surface area contributed by atoms with Crippen LogP contribution in [0.3, 0.4) is 0 Å². The average molecular weight is 1340 g/mol. The number of aromatic amines is 1. The van der Waals surface area contributed by atoms with E-state index in [0.717, 1.165) is 26.5 Å². The van der Waals surface area contributed by atoms with Crippen molar-refractivity contribution >= 4 is 136 Å². The van der Waals surface area contributed by atoms with E-state index in [1.807, 2.05) is 0 Å². The average Bonchev–Trinajstić information content (AvgIpc) is 1.71. The van der Waals surface area contributed by atoms with Crippen molar-refractivity contribution in [1.29, 1.82) is 0 Å². The van der Waals surface area contributed by atoms with Crippen molar-refractivity contribution in [1.82, 2.24) is 56.4 Å². The van der Waals surface area contributed by atoms with E-state index in [9.17, 15) is 81.9 Å². The molecule has 7 heterocycles. The van der Waals surface area contributed by atoms with Gasteiger partial charge in [-0.05, 0) is 47.9 Å². The molecule has 6 aliphatic rings. The van der Waals surface area contributed by atoms with Crippen LogP contribution in [0.2, 0.25) is 0 Å². The van der Waals surface area contributed by atoms with Gasteiger partial charge in [0.15, 0.2) is 11.6 Å². The second-order valence-electron chi connectivity index (χ2n) is 24.1. The zero-order chi connectivity index (χ0) is 66.0. The van der Waals surface area contributed by atoms with Crippen molar-refractivity contribution in [2.75, 3.05) is 62.8 Å². The molecule has 0 saturated carbocycles. The number of Topliss-reactive ketones (excluding diaryl/α,β-unsaturated/α-hetero) is 3. The monoisotopic (exact) mass is 1340 g/mol. The molecule has 0 radical (unpaired) electrons. The minimum absolute atomic E-state index is 0.0328. The van der Waals surface area contributed by atoms with Gasteiger partial charge in [-0.3, -0.25) is 91.7 Å². The Balaban J connectivity index is 1.12. The van der Waals surface area contributed by atoms with Gasteiger partial charge in [0, 0.05) is 111 Å². The number of aromatic nitrogens is 1. The molecule has 4 saturated heterocycles. The molecule has 6 aliphatic heterocycles. The predicted octanol–water partition coefficient (Wildman–Crippen LogP) is 0.153. The van der Waals surface area contributed by atoms with Gasteiger partial charge in [0.2, 0.25) is 66.5 Å². The van der Waals surface area contributed by atoms with Crippen LogP contribution in [0, 0.1) is 23.7 Å². The number of rotatable bonds is 12. The summed E-state index contributed by atoms with van der Waals surface area (Å²) in [7, 11) is -3.61. The lowest BCUT2D eigenvalue weighted by atomic mass is 9.86. The van der Waals surface area contributed by atoms with Crippen LogP contribution in [0.1, 0.15) is 103 Å². The number of carboxylic acid groups (broad SMARTS) is 1.